The summed E-state index contributed by atoms with van der Waals surface area (Å²) in [6.45, 7) is 1.82. The van der Waals surface area contributed by atoms with Gasteiger partial charge in [-0.05, 0) is 58.5 Å². The second-order valence-corrected chi connectivity index (χ2v) is 8.43. The number of hydrogen-bond acceptors (Lipinski definition) is 6. The molecule has 2 heterocycles. The van der Waals surface area contributed by atoms with Crippen LogP contribution >= 0.6 is 0 Å². The first-order chi connectivity index (χ1) is 15.3. The summed E-state index contributed by atoms with van der Waals surface area (Å²) in [4.78, 5) is 2.49. The van der Waals surface area contributed by atoms with Crippen LogP contribution in [0.2, 0.25) is 0 Å². The van der Waals surface area contributed by atoms with Crippen molar-refractivity contribution in [3.05, 3.63) is 65.0 Å². The van der Waals surface area contributed by atoms with Gasteiger partial charge < -0.3 is 9.47 Å². The molecule has 2 aromatic carbocycles. The SMILES string of the molecule is COc1ccc([C@@H](c2nnnn2C2CCCC2)N2CCc3ccccc3C2)cc1OC. The molecule has 1 saturated carbocycles. The number of benzene rings is 2. The van der Waals surface area contributed by atoms with Crippen LogP contribution in [0, 0.1) is 0 Å². The Kier molecular flexibility index (Phi) is 5.59. The van der Waals surface area contributed by atoms with E-state index in [9.17, 15) is 0 Å². The van der Waals surface area contributed by atoms with Gasteiger partial charge in [-0.1, -0.05) is 43.2 Å². The van der Waals surface area contributed by atoms with Crippen molar-refractivity contribution in [3.8, 4) is 11.5 Å². The molecule has 0 bridgehead atoms. The summed E-state index contributed by atoms with van der Waals surface area (Å²) >= 11 is 0. The van der Waals surface area contributed by atoms with Gasteiger partial charge in [-0.2, -0.15) is 0 Å². The molecule has 31 heavy (non-hydrogen) atoms. The molecule has 2 aliphatic rings. The number of hydrogen-bond donors (Lipinski definition) is 0. The Labute approximate surface area is 183 Å². The Morgan fingerprint density at radius 2 is 1.74 bits per heavy atom. The molecule has 3 aromatic rings. The van der Waals surface area contributed by atoms with Crippen LogP contribution in [0.5, 0.6) is 11.5 Å². The van der Waals surface area contributed by atoms with Crippen molar-refractivity contribution >= 4 is 0 Å². The van der Waals surface area contributed by atoms with Gasteiger partial charge in [-0.3, -0.25) is 4.90 Å². The van der Waals surface area contributed by atoms with Gasteiger partial charge in [-0.25, -0.2) is 4.68 Å². The van der Waals surface area contributed by atoms with Gasteiger partial charge in [-0.15, -0.1) is 5.10 Å². The number of rotatable bonds is 6. The first-order valence-electron chi connectivity index (χ1n) is 11.1. The van der Waals surface area contributed by atoms with Crippen molar-refractivity contribution in [2.24, 2.45) is 0 Å². The molecular formula is C24H29N5O2. The molecule has 0 unspecified atom stereocenters. The summed E-state index contributed by atoms with van der Waals surface area (Å²) in [5.41, 5.74) is 3.92. The van der Waals surface area contributed by atoms with E-state index in [1.54, 1.807) is 14.2 Å². The Bertz CT molecular complexity index is 1040. The third kappa shape index (κ3) is 3.78. The fourth-order valence-electron chi connectivity index (χ4n) is 5.07. The van der Waals surface area contributed by atoms with Gasteiger partial charge in [0.05, 0.1) is 26.3 Å². The zero-order valence-corrected chi connectivity index (χ0v) is 18.2. The van der Waals surface area contributed by atoms with E-state index >= 15 is 0 Å². The lowest BCUT2D eigenvalue weighted by molar-refractivity contribution is 0.191. The second kappa shape index (κ2) is 8.67. The number of fused-ring (bicyclic) bond motifs is 1. The van der Waals surface area contributed by atoms with Gasteiger partial charge in [0.15, 0.2) is 17.3 Å². The number of tetrazole rings is 1. The fourth-order valence-corrected chi connectivity index (χ4v) is 5.07. The molecule has 1 atom stereocenters. The largest absolute Gasteiger partial charge is 0.493 e. The number of ether oxygens (including phenoxy) is 2. The number of methoxy groups -OCH3 is 2. The van der Waals surface area contributed by atoms with Crippen LogP contribution in [0.25, 0.3) is 0 Å². The average Bonchev–Trinajstić information content (AvgIpc) is 3.51. The molecule has 162 valence electrons. The smallest absolute Gasteiger partial charge is 0.173 e. The van der Waals surface area contributed by atoms with E-state index in [1.807, 2.05) is 6.07 Å². The van der Waals surface area contributed by atoms with Gasteiger partial charge in [0, 0.05) is 13.1 Å². The quantitative estimate of drug-likeness (QED) is 0.603. The lowest BCUT2D eigenvalue weighted by Gasteiger charge is -2.35. The summed E-state index contributed by atoms with van der Waals surface area (Å²) in [6.07, 6.45) is 5.77. The fraction of sp³-hybridized carbons (Fsp3) is 0.458. The summed E-state index contributed by atoms with van der Waals surface area (Å²) in [7, 11) is 3.34. The van der Waals surface area contributed by atoms with E-state index in [1.165, 1.54) is 24.0 Å². The zero-order chi connectivity index (χ0) is 21.2. The highest BCUT2D eigenvalue weighted by Crippen LogP contribution is 2.38. The summed E-state index contributed by atoms with van der Waals surface area (Å²) in [5, 5.41) is 13.1. The molecule has 1 fully saturated rings. The predicted octanol–water partition coefficient (Wildman–Crippen LogP) is 3.95. The minimum absolute atomic E-state index is 0.0521. The average molecular weight is 420 g/mol. The van der Waals surface area contributed by atoms with Crippen molar-refractivity contribution < 1.29 is 9.47 Å². The standard InChI is InChI=1S/C24H29N5O2/c1-30-21-12-11-18(15-22(21)31-2)23(24-25-26-27-29(24)20-9-5-6-10-20)28-14-13-17-7-3-4-8-19(17)16-28/h3-4,7-8,11-12,15,20,23H,5-6,9-10,13-14,16H2,1-2H3/t23-/m0/s1. The third-order valence-electron chi connectivity index (χ3n) is 6.68. The van der Waals surface area contributed by atoms with E-state index in [2.05, 4.69) is 61.5 Å². The number of nitrogens with zero attached hydrogens (tertiary/aromatic N) is 5. The first-order valence-corrected chi connectivity index (χ1v) is 11.1. The van der Waals surface area contributed by atoms with Gasteiger partial charge in [0.25, 0.3) is 0 Å². The molecule has 1 aromatic heterocycles. The Balaban J connectivity index is 1.58. The molecule has 7 heteroatoms. The van der Waals surface area contributed by atoms with Gasteiger partial charge in [0.2, 0.25) is 0 Å². The van der Waals surface area contributed by atoms with E-state index in [-0.39, 0.29) is 6.04 Å². The maximum absolute atomic E-state index is 5.62. The topological polar surface area (TPSA) is 65.3 Å². The Morgan fingerprint density at radius 1 is 0.968 bits per heavy atom. The molecule has 5 rings (SSSR count). The lowest BCUT2D eigenvalue weighted by atomic mass is 9.95. The van der Waals surface area contributed by atoms with Crippen LogP contribution in [-0.2, 0) is 13.0 Å². The molecule has 7 nitrogen and oxygen atoms in total. The van der Waals surface area contributed by atoms with E-state index < -0.39 is 0 Å². The normalized spacial score (nSPS) is 18.0. The summed E-state index contributed by atoms with van der Waals surface area (Å²) < 4.78 is 13.2. The second-order valence-electron chi connectivity index (χ2n) is 8.43. The van der Waals surface area contributed by atoms with Gasteiger partial charge >= 0.3 is 0 Å². The Morgan fingerprint density at radius 3 is 2.52 bits per heavy atom. The molecule has 0 saturated heterocycles. The van der Waals surface area contributed by atoms with Crippen LogP contribution in [0.4, 0.5) is 0 Å². The van der Waals surface area contributed by atoms with Crippen molar-refractivity contribution in [3.63, 3.8) is 0 Å². The maximum atomic E-state index is 5.62. The third-order valence-corrected chi connectivity index (χ3v) is 6.68. The van der Waals surface area contributed by atoms with Crippen molar-refractivity contribution in [1.29, 1.82) is 0 Å². The Hall–Kier alpha value is -2.93. The van der Waals surface area contributed by atoms with E-state index in [4.69, 9.17) is 9.47 Å². The van der Waals surface area contributed by atoms with Crippen LogP contribution in [0.1, 0.15) is 60.3 Å². The minimum Gasteiger partial charge on any atom is -0.493 e. The first kappa shape index (κ1) is 20.0. The zero-order valence-electron chi connectivity index (χ0n) is 18.2. The molecule has 0 N–H and O–H groups in total. The maximum Gasteiger partial charge on any atom is 0.173 e. The molecule has 0 radical (unpaired) electrons. The molecule has 0 spiro atoms. The highest BCUT2D eigenvalue weighted by molar-refractivity contribution is 5.45. The van der Waals surface area contributed by atoms with Crippen molar-refractivity contribution in [2.45, 2.75) is 50.7 Å². The van der Waals surface area contributed by atoms with Crippen molar-refractivity contribution in [1.82, 2.24) is 25.1 Å². The minimum atomic E-state index is -0.0521. The molecule has 1 aliphatic heterocycles. The highest BCUT2D eigenvalue weighted by Gasteiger charge is 2.33. The van der Waals surface area contributed by atoms with E-state index in [0.717, 1.165) is 55.2 Å². The lowest BCUT2D eigenvalue weighted by Crippen LogP contribution is -2.36. The number of aromatic nitrogens is 4. The predicted molar refractivity (Wildman–Crippen MR) is 117 cm³/mol. The monoisotopic (exact) mass is 419 g/mol. The molecular weight excluding hydrogens is 390 g/mol. The van der Waals surface area contributed by atoms with Crippen LogP contribution in [0.3, 0.4) is 0 Å². The van der Waals surface area contributed by atoms with Gasteiger partial charge in [0.1, 0.15) is 0 Å². The van der Waals surface area contributed by atoms with Crippen LogP contribution < -0.4 is 9.47 Å². The highest BCUT2D eigenvalue weighted by atomic mass is 16.5. The van der Waals surface area contributed by atoms with Crippen molar-refractivity contribution in [2.75, 3.05) is 20.8 Å². The van der Waals surface area contributed by atoms with E-state index in [0.29, 0.717) is 6.04 Å². The van der Waals surface area contributed by atoms with Crippen LogP contribution in [-0.4, -0.2) is 45.9 Å². The molecule has 1 aliphatic carbocycles. The van der Waals surface area contributed by atoms with Crippen LogP contribution in [0.15, 0.2) is 42.5 Å². The summed E-state index contributed by atoms with van der Waals surface area (Å²) in [6, 6.07) is 15.2. The summed E-state index contributed by atoms with van der Waals surface area (Å²) in [5.74, 6) is 2.37. The molecule has 0 amide bonds.